The zero-order valence-electron chi connectivity index (χ0n) is 14.7. The molecule has 0 aromatic heterocycles. The van der Waals surface area contributed by atoms with Gasteiger partial charge in [-0.05, 0) is 24.3 Å². The fourth-order valence-electron chi connectivity index (χ4n) is 1.88. The molecule has 9 heteroatoms. The van der Waals surface area contributed by atoms with Crippen LogP contribution in [0.2, 0.25) is 0 Å². The molecule has 6 nitrogen and oxygen atoms in total. The summed E-state index contributed by atoms with van der Waals surface area (Å²) in [4.78, 5) is 3.52. The topological polar surface area (TPSA) is 55.9 Å². The third-order valence-electron chi connectivity index (χ3n) is 3.35. The van der Waals surface area contributed by atoms with E-state index in [-0.39, 0.29) is 17.1 Å². The standard InChI is InChI=1S/C18H20N6S2.Cu/c1-23(15-9-5-3-6-10-15)17(25)21-19-13-14-20-22-18(26)24(2)16-11-7-4-8-12-16;/h3-14H,1-2H3,(H,21,25)(H,22,26);/q;+2/p-2/b19-13+,20-14+;. The molecule has 27 heavy (non-hydrogen) atoms. The first-order valence-electron chi connectivity index (χ1n) is 7.72. The third-order valence-corrected chi connectivity index (χ3v) is 4.06. The van der Waals surface area contributed by atoms with Gasteiger partial charge in [0, 0.05) is 35.8 Å². The van der Waals surface area contributed by atoms with Crippen LogP contribution in [0.1, 0.15) is 0 Å². The molecule has 1 radical (unpaired) electrons. The molecular weight excluding hydrogens is 428 g/mol. The molecule has 0 saturated carbocycles. The van der Waals surface area contributed by atoms with Crippen molar-refractivity contribution in [2.24, 2.45) is 20.4 Å². The Balaban J connectivity index is 0.00000364. The van der Waals surface area contributed by atoms with Gasteiger partial charge in [-0.15, -0.1) is 0 Å². The molecule has 143 valence electrons. The van der Waals surface area contributed by atoms with Gasteiger partial charge in [-0.3, -0.25) is 0 Å². The van der Waals surface area contributed by atoms with E-state index in [1.165, 1.54) is 12.4 Å². The van der Waals surface area contributed by atoms with Gasteiger partial charge in [0.1, 0.15) is 0 Å². The summed E-state index contributed by atoms with van der Waals surface area (Å²) in [7, 11) is 3.66. The average molecular weight is 446 g/mol. The first-order chi connectivity index (χ1) is 12.6. The molecule has 0 bridgehead atoms. The van der Waals surface area contributed by atoms with Crippen LogP contribution in [-0.2, 0) is 42.3 Å². The SMILES string of the molecule is CN(/C([S-])=N/N=C/C=N/N=C(\[S-])N(C)c1ccccc1)c1ccccc1.[Cu+2]. The first kappa shape index (κ1) is 22.7. The second kappa shape index (κ2) is 12.1. The van der Waals surface area contributed by atoms with Crippen molar-refractivity contribution in [2.45, 2.75) is 0 Å². The van der Waals surface area contributed by atoms with Gasteiger partial charge in [0.15, 0.2) is 0 Å². The van der Waals surface area contributed by atoms with Gasteiger partial charge in [-0.1, -0.05) is 36.4 Å². The molecule has 0 spiro atoms. The molecule has 2 aromatic rings. The Morgan fingerprint density at radius 2 is 1.04 bits per heavy atom. The van der Waals surface area contributed by atoms with Gasteiger partial charge in [0.05, 0.1) is 12.4 Å². The number of hydrogen-bond acceptors (Lipinski definition) is 6. The average Bonchev–Trinajstić information content (AvgIpc) is 2.70. The molecule has 2 aromatic carbocycles. The van der Waals surface area contributed by atoms with Crippen LogP contribution in [-0.4, -0.2) is 36.9 Å². The number of anilines is 2. The molecule has 0 N–H and O–H groups in total. The number of amidine groups is 2. The molecule has 0 amide bonds. The monoisotopic (exact) mass is 445 g/mol. The van der Waals surface area contributed by atoms with E-state index < -0.39 is 0 Å². The predicted molar refractivity (Wildman–Crippen MR) is 116 cm³/mol. The fraction of sp³-hybridized carbons (Fsp3) is 0.111. The molecule has 2 rings (SSSR count). The van der Waals surface area contributed by atoms with Gasteiger partial charge in [0.2, 0.25) is 0 Å². The molecule has 0 unspecified atom stereocenters. The van der Waals surface area contributed by atoms with E-state index in [1.807, 2.05) is 74.8 Å². The normalized spacial score (nSPS) is 12.2. The molecule has 0 aliphatic heterocycles. The minimum Gasteiger partial charge on any atom is -0.740 e. The first-order valence-corrected chi connectivity index (χ1v) is 8.53. The number of nitrogens with zero attached hydrogens (tertiary/aromatic N) is 6. The van der Waals surface area contributed by atoms with Crippen LogP contribution in [0, 0.1) is 0 Å². The van der Waals surface area contributed by atoms with Gasteiger partial charge < -0.3 is 35.1 Å². The van der Waals surface area contributed by atoms with E-state index in [0.717, 1.165) is 11.4 Å². The number of rotatable bonds is 5. The Bertz CT molecular complexity index is 740. The Morgan fingerprint density at radius 3 is 1.37 bits per heavy atom. The van der Waals surface area contributed by atoms with Crippen molar-refractivity contribution < 1.29 is 17.1 Å². The van der Waals surface area contributed by atoms with Crippen LogP contribution in [0.5, 0.6) is 0 Å². The van der Waals surface area contributed by atoms with Crippen molar-refractivity contribution in [2.75, 3.05) is 23.9 Å². The van der Waals surface area contributed by atoms with E-state index in [0.29, 0.717) is 10.3 Å². The van der Waals surface area contributed by atoms with Crippen molar-refractivity contribution in [1.29, 1.82) is 0 Å². The summed E-state index contributed by atoms with van der Waals surface area (Å²) in [6, 6.07) is 19.4. The van der Waals surface area contributed by atoms with Crippen LogP contribution in [0.4, 0.5) is 11.4 Å². The van der Waals surface area contributed by atoms with Gasteiger partial charge in [0.25, 0.3) is 0 Å². The molecule has 0 aliphatic rings. The zero-order valence-corrected chi connectivity index (χ0v) is 17.3. The number of para-hydroxylation sites is 2. The van der Waals surface area contributed by atoms with Crippen molar-refractivity contribution in [3.63, 3.8) is 0 Å². The van der Waals surface area contributed by atoms with Crippen molar-refractivity contribution >= 4 is 59.4 Å². The molecule has 0 saturated heterocycles. The molecule has 0 aliphatic carbocycles. The second-order valence-corrected chi connectivity index (χ2v) is 5.81. The van der Waals surface area contributed by atoms with Crippen LogP contribution >= 0.6 is 0 Å². The Hall–Kier alpha value is -2.32. The quantitative estimate of drug-likeness (QED) is 0.233. The van der Waals surface area contributed by atoms with E-state index >= 15 is 0 Å². The minimum absolute atomic E-state index is 0. The summed E-state index contributed by atoms with van der Waals surface area (Å²) in [5.74, 6) is 0. The van der Waals surface area contributed by atoms with Gasteiger partial charge in [-0.2, -0.15) is 20.4 Å². The molecule has 0 fully saturated rings. The number of hydrogen-bond donors (Lipinski definition) is 0. The Labute approximate surface area is 181 Å². The minimum atomic E-state index is 0. The summed E-state index contributed by atoms with van der Waals surface area (Å²) in [6.07, 6.45) is 2.81. The zero-order chi connectivity index (χ0) is 18.8. The summed E-state index contributed by atoms with van der Waals surface area (Å²) < 4.78 is 0. The third kappa shape index (κ3) is 7.44. The van der Waals surface area contributed by atoms with E-state index in [4.69, 9.17) is 25.3 Å². The van der Waals surface area contributed by atoms with E-state index in [1.54, 1.807) is 9.80 Å². The van der Waals surface area contributed by atoms with E-state index in [9.17, 15) is 0 Å². The summed E-state index contributed by atoms with van der Waals surface area (Å²) >= 11 is 10.4. The van der Waals surface area contributed by atoms with Crippen molar-refractivity contribution in [3.05, 3.63) is 60.7 Å². The largest absolute Gasteiger partial charge is 2.00 e. The van der Waals surface area contributed by atoms with Crippen LogP contribution in [0.25, 0.3) is 0 Å². The Kier molecular flexibility index (Phi) is 10.2. The Morgan fingerprint density at radius 1 is 0.704 bits per heavy atom. The van der Waals surface area contributed by atoms with Crippen LogP contribution in [0.3, 0.4) is 0 Å². The van der Waals surface area contributed by atoms with Gasteiger partial charge in [-0.25, -0.2) is 0 Å². The molecule has 0 heterocycles. The maximum absolute atomic E-state index is 5.22. The predicted octanol–water partition coefficient (Wildman–Crippen LogP) is 3.03. The molecular formula is C18H18CuN6S2. The molecule has 0 atom stereocenters. The second-order valence-electron chi connectivity index (χ2n) is 5.08. The smallest absolute Gasteiger partial charge is 0.740 e. The maximum atomic E-state index is 5.22. The van der Waals surface area contributed by atoms with E-state index in [2.05, 4.69) is 20.4 Å². The number of benzene rings is 2. The van der Waals surface area contributed by atoms with Crippen LogP contribution in [0.15, 0.2) is 81.1 Å². The van der Waals surface area contributed by atoms with Crippen LogP contribution < -0.4 is 9.80 Å². The van der Waals surface area contributed by atoms with Gasteiger partial charge >= 0.3 is 17.1 Å². The maximum Gasteiger partial charge on any atom is 2.00 e. The van der Waals surface area contributed by atoms with Crippen molar-refractivity contribution in [1.82, 2.24) is 0 Å². The summed E-state index contributed by atoms with van der Waals surface area (Å²) in [6.45, 7) is 0. The fourth-order valence-corrected chi connectivity index (χ4v) is 2.19. The summed E-state index contributed by atoms with van der Waals surface area (Å²) in [5.41, 5.74) is 1.88. The van der Waals surface area contributed by atoms with Crippen molar-refractivity contribution in [3.8, 4) is 0 Å². The summed E-state index contributed by atoms with van der Waals surface area (Å²) in [5, 5.41) is 16.3.